The lowest BCUT2D eigenvalue weighted by Gasteiger charge is -2.13. The van der Waals surface area contributed by atoms with Crippen LogP contribution < -0.4 is 0 Å². The van der Waals surface area contributed by atoms with Crippen LogP contribution in [0.15, 0.2) is 5.16 Å². The van der Waals surface area contributed by atoms with E-state index in [0.29, 0.717) is 18.1 Å². The van der Waals surface area contributed by atoms with Crippen molar-refractivity contribution in [1.82, 2.24) is 0 Å². The molecule has 0 unspecified atom stereocenters. The molecule has 1 aromatic rings. The number of halogens is 5. The summed E-state index contributed by atoms with van der Waals surface area (Å²) in [5.41, 5.74) is 0.0417. The standard InChI is InChI=1S/C18H20Cl5NO3/c1-8(2)6-27-24-5-10-11(18(10,3)4)17(25)26-7-9-12(19)14(21)16(23)15(22)13(9)20/h5,8,10-11H,6-7H2,1-4H3/t10-,11-/m0/s1. The van der Waals surface area contributed by atoms with Crippen LogP contribution in [0, 0.1) is 23.2 Å². The van der Waals surface area contributed by atoms with Gasteiger partial charge >= 0.3 is 5.97 Å². The van der Waals surface area contributed by atoms with Crippen molar-refractivity contribution < 1.29 is 14.4 Å². The Morgan fingerprint density at radius 2 is 1.59 bits per heavy atom. The molecular formula is C18H20Cl5NO3. The predicted octanol–water partition coefficient (Wildman–Crippen LogP) is 6.93. The third kappa shape index (κ3) is 4.97. The topological polar surface area (TPSA) is 47.9 Å². The molecule has 4 nitrogen and oxygen atoms in total. The second-order valence-electron chi connectivity index (χ2n) is 7.43. The van der Waals surface area contributed by atoms with E-state index in [-0.39, 0.29) is 54.9 Å². The Morgan fingerprint density at radius 3 is 2.11 bits per heavy atom. The molecule has 0 N–H and O–H groups in total. The Labute approximate surface area is 184 Å². The highest BCUT2D eigenvalue weighted by molar-refractivity contribution is 6.55. The first kappa shape index (κ1) is 22.9. The molecule has 0 heterocycles. The first-order valence-corrected chi connectivity index (χ1v) is 10.2. The van der Waals surface area contributed by atoms with Gasteiger partial charge in [-0.2, -0.15) is 0 Å². The fourth-order valence-electron chi connectivity index (χ4n) is 2.72. The van der Waals surface area contributed by atoms with Gasteiger partial charge in [-0.15, -0.1) is 0 Å². The number of carbonyl (C=O) groups excluding carboxylic acids is 1. The van der Waals surface area contributed by atoms with Gasteiger partial charge in [0.1, 0.15) is 13.2 Å². The summed E-state index contributed by atoms with van der Waals surface area (Å²) >= 11 is 30.3. The lowest BCUT2D eigenvalue weighted by Crippen LogP contribution is -2.11. The van der Waals surface area contributed by atoms with Gasteiger partial charge < -0.3 is 9.57 Å². The molecule has 1 aliphatic carbocycles. The van der Waals surface area contributed by atoms with Gasteiger partial charge in [0, 0.05) is 17.7 Å². The van der Waals surface area contributed by atoms with E-state index in [0.717, 1.165) is 0 Å². The molecule has 0 saturated heterocycles. The van der Waals surface area contributed by atoms with Gasteiger partial charge in [0.15, 0.2) is 0 Å². The summed E-state index contributed by atoms with van der Waals surface area (Å²) in [5.74, 6) is -0.405. The molecule has 0 radical (unpaired) electrons. The molecule has 0 spiro atoms. The highest BCUT2D eigenvalue weighted by Gasteiger charge is 2.62. The van der Waals surface area contributed by atoms with Crippen LogP contribution in [-0.2, 0) is 21.0 Å². The molecule has 2 rings (SSSR count). The van der Waals surface area contributed by atoms with Gasteiger partial charge in [0.25, 0.3) is 0 Å². The first-order chi connectivity index (χ1) is 12.5. The minimum atomic E-state index is -0.380. The molecule has 0 aliphatic heterocycles. The number of hydrogen-bond donors (Lipinski definition) is 0. The maximum Gasteiger partial charge on any atom is 0.310 e. The number of hydrogen-bond acceptors (Lipinski definition) is 4. The third-order valence-corrected chi connectivity index (χ3v) is 6.88. The number of esters is 1. The van der Waals surface area contributed by atoms with E-state index in [2.05, 4.69) is 5.16 Å². The predicted molar refractivity (Wildman–Crippen MR) is 111 cm³/mol. The van der Waals surface area contributed by atoms with E-state index in [1.807, 2.05) is 27.7 Å². The summed E-state index contributed by atoms with van der Waals surface area (Å²) in [6.45, 7) is 8.36. The maximum atomic E-state index is 12.5. The normalized spacial score (nSPS) is 21.0. The minimum absolute atomic E-state index is 0.0596. The summed E-state index contributed by atoms with van der Waals surface area (Å²) in [6, 6.07) is 0. The van der Waals surface area contributed by atoms with Crippen LogP contribution in [0.3, 0.4) is 0 Å². The highest BCUT2D eigenvalue weighted by atomic mass is 35.5. The Morgan fingerprint density at radius 1 is 1.07 bits per heavy atom. The van der Waals surface area contributed by atoms with Crippen LogP contribution in [0.4, 0.5) is 0 Å². The van der Waals surface area contributed by atoms with Gasteiger partial charge in [-0.05, 0) is 11.3 Å². The van der Waals surface area contributed by atoms with Crippen LogP contribution in [0.25, 0.3) is 0 Å². The van der Waals surface area contributed by atoms with E-state index < -0.39 is 0 Å². The molecule has 9 heteroatoms. The van der Waals surface area contributed by atoms with Gasteiger partial charge in [0.2, 0.25) is 0 Å². The first-order valence-electron chi connectivity index (χ1n) is 8.32. The summed E-state index contributed by atoms with van der Waals surface area (Å²) < 4.78 is 5.40. The van der Waals surface area contributed by atoms with E-state index >= 15 is 0 Å². The molecule has 1 aliphatic rings. The zero-order valence-electron chi connectivity index (χ0n) is 15.3. The molecule has 1 aromatic carbocycles. The number of carbonyl (C=O) groups is 1. The molecule has 2 atom stereocenters. The largest absolute Gasteiger partial charge is 0.460 e. The molecule has 1 fully saturated rings. The lowest BCUT2D eigenvalue weighted by molar-refractivity contribution is -0.147. The highest BCUT2D eigenvalue weighted by Crippen LogP contribution is 2.58. The zero-order chi connectivity index (χ0) is 20.5. The van der Waals surface area contributed by atoms with E-state index in [9.17, 15) is 4.79 Å². The second kappa shape index (κ2) is 8.96. The lowest BCUT2D eigenvalue weighted by atomic mass is 10.1. The van der Waals surface area contributed by atoms with Crippen molar-refractivity contribution in [2.24, 2.45) is 28.3 Å². The quantitative estimate of drug-likeness (QED) is 0.141. The number of benzene rings is 1. The van der Waals surface area contributed by atoms with Crippen molar-refractivity contribution in [3.05, 3.63) is 30.7 Å². The number of ether oxygens (including phenoxy) is 1. The second-order valence-corrected chi connectivity index (χ2v) is 9.31. The average molecular weight is 476 g/mol. The number of oxime groups is 1. The van der Waals surface area contributed by atoms with Gasteiger partial charge in [-0.25, -0.2) is 0 Å². The van der Waals surface area contributed by atoms with E-state index in [4.69, 9.17) is 67.6 Å². The Hall–Kier alpha value is -0.390. The summed E-state index contributed by atoms with van der Waals surface area (Å²) in [6.07, 6.45) is 1.66. The third-order valence-electron chi connectivity index (χ3n) is 4.53. The Balaban J connectivity index is 2.03. The fourth-order valence-corrected chi connectivity index (χ4v) is 4.00. The molecule has 0 amide bonds. The molecular weight excluding hydrogens is 455 g/mol. The van der Waals surface area contributed by atoms with Crippen LogP contribution in [0.2, 0.25) is 25.1 Å². The zero-order valence-corrected chi connectivity index (χ0v) is 19.1. The van der Waals surface area contributed by atoms with Crippen LogP contribution in [-0.4, -0.2) is 18.8 Å². The number of nitrogens with zero attached hydrogens (tertiary/aromatic N) is 1. The fraction of sp³-hybridized carbons (Fsp3) is 0.556. The van der Waals surface area contributed by atoms with Crippen LogP contribution in [0.5, 0.6) is 0 Å². The van der Waals surface area contributed by atoms with Crippen molar-refractivity contribution in [3.8, 4) is 0 Å². The minimum Gasteiger partial charge on any atom is -0.460 e. The summed E-state index contributed by atoms with van der Waals surface area (Å²) in [7, 11) is 0. The van der Waals surface area contributed by atoms with Gasteiger partial charge in [-0.1, -0.05) is 90.9 Å². The molecule has 0 bridgehead atoms. The maximum absolute atomic E-state index is 12.5. The van der Waals surface area contributed by atoms with Crippen molar-refractivity contribution in [2.75, 3.05) is 6.61 Å². The average Bonchev–Trinajstić information content (AvgIpc) is 3.15. The number of rotatable bonds is 7. The molecule has 27 heavy (non-hydrogen) atoms. The van der Waals surface area contributed by atoms with Crippen LogP contribution >= 0.6 is 58.0 Å². The van der Waals surface area contributed by atoms with Crippen molar-refractivity contribution >= 4 is 70.2 Å². The molecule has 1 saturated carbocycles. The van der Waals surface area contributed by atoms with Gasteiger partial charge in [-0.3, -0.25) is 4.79 Å². The molecule has 0 aromatic heterocycles. The smallest absolute Gasteiger partial charge is 0.310 e. The monoisotopic (exact) mass is 473 g/mol. The van der Waals surface area contributed by atoms with E-state index in [1.54, 1.807) is 6.21 Å². The van der Waals surface area contributed by atoms with E-state index in [1.165, 1.54) is 0 Å². The Kier molecular flexibility index (Phi) is 7.60. The van der Waals surface area contributed by atoms with Crippen LogP contribution in [0.1, 0.15) is 33.3 Å². The SMILES string of the molecule is CC(C)CON=C[C@H]1[C@@H](C(=O)OCc2c(Cl)c(Cl)c(Cl)c(Cl)c2Cl)C1(C)C. The van der Waals surface area contributed by atoms with Gasteiger partial charge in [0.05, 0.1) is 31.0 Å². The van der Waals surface area contributed by atoms with Crippen molar-refractivity contribution in [1.29, 1.82) is 0 Å². The summed E-state index contributed by atoms with van der Waals surface area (Å²) in [5, 5.41) is 4.37. The van der Waals surface area contributed by atoms with Crippen molar-refractivity contribution in [2.45, 2.75) is 34.3 Å². The Bertz CT molecular complexity index is 735. The molecule has 150 valence electrons. The summed E-state index contributed by atoms with van der Waals surface area (Å²) in [4.78, 5) is 17.7. The van der Waals surface area contributed by atoms with Crippen molar-refractivity contribution in [3.63, 3.8) is 0 Å².